The van der Waals surface area contributed by atoms with E-state index in [9.17, 15) is 4.79 Å². The number of aromatic nitrogens is 2. The summed E-state index contributed by atoms with van der Waals surface area (Å²) in [5.74, 6) is 0.239. The molecule has 0 radical (unpaired) electrons. The first kappa shape index (κ1) is 27.2. The van der Waals surface area contributed by atoms with Gasteiger partial charge in [0.2, 0.25) is 5.91 Å². The van der Waals surface area contributed by atoms with Crippen LogP contribution >= 0.6 is 12.6 Å². The summed E-state index contributed by atoms with van der Waals surface area (Å²) in [6.07, 6.45) is 7.63. The SMILES string of the molecule is CCOc1nc(CC)c(CNC(=O)[C@@H](S)CC2CCCCC2)n1Cc1cccc(-c2ccccc2)c1F. The molecule has 37 heavy (non-hydrogen) atoms. The number of rotatable bonds is 11. The van der Waals surface area contributed by atoms with E-state index >= 15 is 4.39 Å². The van der Waals surface area contributed by atoms with Crippen molar-refractivity contribution in [2.24, 2.45) is 5.92 Å². The van der Waals surface area contributed by atoms with Crippen molar-refractivity contribution < 1.29 is 13.9 Å². The van der Waals surface area contributed by atoms with Gasteiger partial charge in [-0.2, -0.15) is 17.6 Å². The van der Waals surface area contributed by atoms with E-state index in [4.69, 9.17) is 4.74 Å². The van der Waals surface area contributed by atoms with Crippen LogP contribution in [0.5, 0.6) is 6.01 Å². The van der Waals surface area contributed by atoms with Crippen molar-refractivity contribution in [3.8, 4) is 17.1 Å². The van der Waals surface area contributed by atoms with Gasteiger partial charge in [0.25, 0.3) is 6.01 Å². The van der Waals surface area contributed by atoms with Crippen LogP contribution in [0.2, 0.25) is 0 Å². The molecule has 1 atom stereocenters. The summed E-state index contributed by atoms with van der Waals surface area (Å²) in [5.41, 5.74) is 3.60. The molecule has 198 valence electrons. The van der Waals surface area contributed by atoms with Crippen LogP contribution in [-0.2, 0) is 24.3 Å². The number of ether oxygens (including phenoxy) is 1. The Kier molecular flexibility index (Phi) is 9.67. The molecule has 1 N–H and O–H groups in total. The van der Waals surface area contributed by atoms with E-state index in [2.05, 4.69) is 22.9 Å². The molecule has 0 unspecified atom stereocenters. The summed E-state index contributed by atoms with van der Waals surface area (Å²) < 4.78 is 23.4. The molecule has 5 nitrogen and oxygen atoms in total. The lowest BCUT2D eigenvalue weighted by molar-refractivity contribution is -0.121. The summed E-state index contributed by atoms with van der Waals surface area (Å²) in [4.78, 5) is 17.6. The van der Waals surface area contributed by atoms with Crippen molar-refractivity contribution in [1.82, 2.24) is 14.9 Å². The van der Waals surface area contributed by atoms with Crippen molar-refractivity contribution in [2.45, 2.75) is 77.1 Å². The van der Waals surface area contributed by atoms with Crippen LogP contribution in [0.25, 0.3) is 11.1 Å². The summed E-state index contributed by atoms with van der Waals surface area (Å²) in [6, 6.07) is 15.4. The Hall–Kier alpha value is -2.80. The highest BCUT2D eigenvalue weighted by atomic mass is 32.1. The van der Waals surface area contributed by atoms with Crippen LogP contribution in [0, 0.1) is 11.7 Å². The number of imidazole rings is 1. The second-order valence-corrected chi connectivity index (χ2v) is 10.4. The summed E-state index contributed by atoms with van der Waals surface area (Å²) in [5, 5.41) is 2.73. The lowest BCUT2D eigenvalue weighted by atomic mass is 9.86. The Morgan fingerprint density at radius 3 is 2.59 bits per heavy atom. The van der Waals surface area contributed by atoms with Crippen LogP contribution in [0.3, 0.4) is 0 Å². The first-order chi connectivity index (χ1) is 18.0. The molecular formula is C30H38FN3O2S. The summed E-state index contributed by atoms with van der Waals surface area (Å²) in [7, 11) is 0. The monoisotopic (exact) mass is 523 g/mol. The number of nitrogens with zero attached hydrogens (tertiary/aromatic N) is 2. The van der Waals surface area contributed by atoms with Crippen molar-refractivity contribution in [2.75, 3.05) is 6.61 Å². The smallest absolute Gasteiger partial charge is 0.297 e. The number of hydrogen-bond donors (Lipinski definition) is 2. The van der Waals surface area contributed by atoms with Crippen LogP contribution < -0.4 is 10.1 Å². The van der Waals surface area contributed by atoms with Crippen LogP contribution in [0.4, 0.5) is 4.39 Å². The fourth-order valence-corrected chi connectivity index (χ4v) is 5.63. The Morgan fingerprint density at radius 1 is 1.14 bits per heavy atom. The largest absolute Gasteiger partial charge is 0.465 e. The average molecular weight is 524 g/mol. The van der Waals surface area contributed by atoms with E-state index in [0.717, 1.165) is 23.4 Å². The highest BCUT2D eigenvalue weighted by Crippen LogP contribution is 2.30. The number of halogens is 1. The molecule has 1 heterocycles. The lowest BCUT2D eigenvalue weighted by Crippen LogP contribution is -2.33. The molecule has 0 saturated heterocycles. The number of hydrogen-bond acceptors (Lipinski definition) is 4. The third-order valence-corrected chi connectivity index (χ3v) is 7.68. The van der Waals surface area contributed by atoms with E-state index in [-0.39, 0.29) is 23.5 Å². The zero-order valence-electron chi connectivity index (χ0n) is 21.9. The maximum atomic E-state index is 15.7. The standard InChI is InChI=1S/C30H38FN3O2S/c1-3-25-26(19-32-29(35)27(37)18-21-12-7-5-8-13-21)34(30(33-25)36-4-2)20-23-16-11-17-24(28(23)31)22-14-9-6-10-15-22/h6,9-11,14-17,21,27,37H,3-5,7-8,12-13,18-20H2,1-2H3,(H,32,35)/t27-/m0/s1. The molecule has 1 saturated carbocycles. The zero-order chi connectivity index (χ0) is 26.2. The van der Waals surface area contributed by atoms with Gasteiger partial charge in [0, 0.05) is 11.1 Å². The molecule has 4 rings (SSSR count). The Morgan fingerprint density at radius 2 is 1.89 bits per heavy atom. The van der Waals surface area contributed by atoms with E-state index in [1.54, 1.807) is 12.1 Å². The van der Waals surface area contributed by atoms with E-state index < -0.39 is 0 Å². The van der Waals surface area contributed by atoms with E-state index in [1.165, 1.54) is 32.1 Å². The van der Waals surface area contributed by atoms with Gasteiger partial charge in [-0.1, -0.05) is 87.6 Å². The number of carbonyl (C=O) groups excluding carboxylic acids is 1. The number of aryl methyl sites for hydroxylation is 1. The molecule has 1 amide bonds. The molecule has 0 aliphatic heterocycles. The number of amides is 1. The Labute approximate surface area is 225 Å². The maximum absolute atomic E-state index is 15.7. The van der Waals surface area contributed by atoms with Crippen LogP contribution in [0.1, 0.15) is 69.3 Å². The molecule has 1 aliphatic carbocycles. The third-order valence-electron chi connectivity index (χ3n) is 7.23. The van der Waals surface area contributed by atoms with Crippen molar-refractivity contribution >= 4 is 18.5 Å². The van der Waals surface area contributed by atoms with Crippen molar-refractivity contribution in [3.63, 3.8) is 0 Å². The lowest BCUT2D eigenvalue weighted by Gasteiger charge is -2.24. The minimum absolute atomic E-state index is 0.0704. The maximum Gasteiger partial charge on any atom is 0.297 e. The van der Waals surface area contributed by atoms with E-state index in [0.29, 0.717) is 42.6 Å². The minimum atomic E-state index is -0.337. The van der Waals surface area contributed by atoms with Crippen molar-refractivity contribution in [3.05, 3.63) is 71.3 Å². The molecule has 2 aromatic carbocycles. The van der Waals surface area contributed by atoms with Gasteiger partial charge < -0.3 is 10.1 Å². The minimum Gasteiger partial charge on any atom is -0.465 e. The first-order valence-corrected chi connectivity index (χ1v) is 14.0. The second-order valence-electron chi connectivity index (χ2n) is 9.78. The van der Waals surface area contributed by atoms with Crippen molar-refractivity contribution in [1.29, 1.82) is 0 Å². The highest BCUT2D eigenvalue weighted by Gasteiger charge is 2.24. The van der Waals surface area contributed by atoms with E-state index in [1.807, 2.05) is 54.8 Å². The molecular weight excluding hydrogens is 485 g/mol. The molecule has 1 fully saturated rings. The fraction of sp³-hybridized carbons (Fsp3) is 0.467. The molecule has 1 aromatic heterocycles. The molecule has 3 aromatic rings. The molecule has 0 bridgehead atoms. The fourth-order valence-electron chi connectivity index (χ4n) is 5.24. The Balaban J connectivity index is 1.56. The van der Waals surface area contributed by atoms with Gasteiger partial charge in [-0.05, 0) is 31.2 Å². The summed E-state index contributed by atoms with van der Waals surface area (Å²) in [6.45, 7) is 4.92. The molecule has 0 spiro atoms. The second kappa shape index (κ2) is 13.1. The number of nitrogens with one attached hydrogen (secondary N) is 1. The Bertz CT molecular complexity index is 1180. The summed E-state index contributed by atoms with van der Waals surface area (Å²) >= 11 is 4.63. The molecule has 1 aliphatic rings. The molecule has 7 heteroatoms. The predicted molar refractivity (Wildman–Crippen MR) is 150 cm³/mol. The van der Waals surface area contributed by atoms with Gasteiger partial charge in [0.1, 0.15) is 5.82 Å². The van der Waals surface area contributed by atoms with Crippen LogP contribution in [-0.4, -0.2) is 27.3 Å². The first-order valence-electron chi connectivity index (χ1n) is 13.5. The van der Waals surface area contributed by atoms with Gasteiger partial charge >= 0.3 is 0 Å². The predicted octanol–water partition coefficient (Wildman–Crippen LogP) is 6.58. The normalized spacial score (nSPS) is 14.9. The zero-order valence-corrected chi connectivity index (χ0v) is 22.8. The quantitative estimate of drug-likeness (QED) is 0.279. The van der Waals surface area contributed by atoms with Gasteiger partial charge in [0.15, 0.2) is 0 Å². The van der Waals surface area contributed by atoms with Gasteiger partial charge in [-0.25, -0.2) is 4.39 Å². The van der Waals surface area contributed by atoms with Gasteiger partial charge in [0.05, 0.1) is 36.3 Å². The van der Waals surface area contributed by atoms with Gasteiger partial charge in [-0.15, -0.1) is 0 Å². The topological polar surface area (TPSA) is 56.1 Å². The third kappa shape index (κ3) is 6.75. The van der Waals surface area contributed by atoms with Gasteiger partial charge in [-0.3, -0.25) is 9.36 Å². The van der Waals surface area contributed by atoms with Crippen LogP contribution in [0.15, 0.2) is 48.5 Å². The number of thiol groups is 1. The highest BCUT2D eigenvalue weighted by molar-refractivity contribution is 7.81. The average Bonchev–Trinajstić information content (AvgIpc) is 3.25. The number of benzene rings is 2. The number of carbonyl (C=O) groups is 1.